The zero-order chi connectivity index (χ0) is 11.1. The van der Waals surface area contributed by atoms with E-state index in [1.54, 1.807) is 0 Å². The zero-order valence-electron chi connectivity index (χ0n) is 8.89. The Hall–Kier alpha value is -0.520. The molecule has 0 N–H and O–H groups in total. The quantitative estimate of drug-likeness (QED) is 0.459. The van der Waals surface area contributed by atoms with Gasteiger partial charge in [0.05, 0.1) is 18.8 Å². The Balaban J connectivity index is 1.91. The van der Waals surface area contributed by atoms with Crippen molar-refractivity contribution in [2.45, 2.75) is 23.7 Å². The van der Waals surface area contributed by atoms with Crippen LogP contribution in [0.25, 0.3) is 0 Å². The van der Waals surface area contributed by atoms with Crippen LogP contribution in [-0.4, -0.2) is 41.5 Å². The van der Waals surface area contributed by atoms with Crippen LogP contribution in [0.1, 0.15) is 6.42 Å². The molecular weight excluding hydrogens is 246 g/mol. The van der Waals surface area contributed by atoms with Crippen molar-refractivity contribution >= 4 is 29.2 Å². The number of nitrogens with zero attached hydrogens (tertiary/aromatic N) is 3. The Labute approximate surface area is 103 Å². The second-order valence-electron chi connectivity index (χ2n) is 4.03. The maximum Gasteiger partial charge on any atom is 0.190 e. The summed E-state index contributed by atoms with van der Waals surface area (Å²) in [5.41, 5.74) is 0. The van der Waals surface area contributed by atoms with Gasteiger partial charge in [0, 0.05) is 12.6 Å². The minimum absolute atomic E-state index is 0.372. The van der Waals surface area contributed by atoms with Gasteiger partial charge in [-0.05, 0) is 12.7 Å². The second kappa shape index (κ2) is 4.05. The van der Waals surface area contributed by atoms with Crippen molar-refractivity contribution in [3.8, 4) is 0 Å². The summed E-state index contributed by atoms with van der Waals surface area (Å²) < 4.78 is 5.57. The summed E-state index contributed by atoms with van der Waals surface area (Å²) in [5, 5.41) is 1.24. The van der Waals surface area contributed by atoms with Crippen molar-refractivity contribution in [3.63, 3.8) is 0 Å². The minimum atomic E-state index is 0.372. The molecule has 4 nitrogen and oxygen atoms in total. The van der Waals surface area contributed by atoms with Crippen molar-refractivity contribution in [1.29, 1.82) is 0 Å². The molecule has 2 unspecified atom stereocenters. The monoisotopic (exact) mass is 257 g/mol. The molecule has 0 amide bonds. The lowest BCUT2D eigenvalue weighted by atomic mass is 10.2. The second-order valence-corrected chi connectivity index (χ2v) is 5.19. The van der Waals surface area contributed by atoms with Gasteiger partial charge < -0.3 is 9.64 Å². The minimum Gasteiger partial charge on any atom is -0.374 e. The van der Waals surface area contributed by atoms with Gasteiger partial charge in [0.2, 0.25) is 0 Å². The molecule has 6 heteroatoms. The summed E-state index contributed by atoms with van der Waals surface area (Å²) in [5.74, 6) is 0.931. The van der Waals surface area contributed by atoms with Crippen LogP contribution >= 0.6 is 23.4 Å². The van der Waals surface area contributed by atoms with E-state index in [0.717, 1.165) is 30.5 Å². The molecular formula is C10H12ClN3OS. The van der Waals surface area contributed by atoms with E-state index in [-0.39, 0.29) is 0 Å². The van der Waals surface area contributed by atoms with E-state index >= 15 is 0 Å². The number of anilines is 1. The highest BCUT2D eigenvalue weighted by molar-refractivity contribution is 7.98. The topological polar surface area (TPSA) is 38.2 Å². The Morgan fingerprint density at radius 2 is 2.44 bits per heavy atom. The highest BCUT2D eigenvalue weighted by atomic mass is 35.5. The van der Waals surface area contributed by atoms with Crippen LogP contribution in [0.5, 0.6) is 0 Å². The molecule has 86 valence electrons. The van der Waals surface area contributed by atoms with E-state index in [1.807, 2.05) is 12.3 Å². The number of ether oxygens (including phenoxy) is 1. The maximum absolute atomic E-state index is 5.99. The molecule has 2 fully saturated rings. The zero-order valence-corrected chi connectivity index (χ0v) is 10.5. The Morgan fingerprint density at radius 1 is 1.56 bits per heavy atom. The van der Waals surface area contributed by atoms with Crippen molar-refractivity contribution in [3.05, 3.63) is 11.2 Å². The first kappa shape index (κ1) is 10.6. The third kappa shape index (κ3) is 1.77. The molecule has 3 heterocycles. The maximum atomic E-state index is 5.99. The smallest absolute Gasteiger partial charge is 0.190 e. The highest BCUT2D eigenvalue weighted by Gasteiger charge is 2.39. The van der Waals surface area contributed by atoms with Crippen LogP contribution in [0.15, 0.2) is 11.2 Å². The van der Waals surface area contributed by atoms with Gasteiger partial charge in [-0.3, -0.25) is 0 Å². The summed E-state index contributed by atoms with van der Waals surface area (Å²) in [4.78, 5) is 10.9. The van der Waals surface area contributed by atoms with Gasteiger partial charge >= 0.3 is 0 Å². The number of fused-ring (bicyclic) bond motifs is 2. The normalized spacial score (nSPS) is 27.8. The molecule has 2 saturated heterocycles. The van der Waals surface area contributed by atoms with Gasteiger partial charge in [-0.25, -0.2) is 9.97 Å². The average molecular weight is 258 g/mol. The molecule has 1 aromatic heterocycles. The van der Waals surface area contributed by atoms with Gasteiger partial charge in [-0.15, -0.1) is 0 Å². The number of thioether (sulfide) groups is 1. The molecule has 2 aliphatic rings. The fourth-order valence-electron chi connectivity index (χ4n) is 2.30. The van der Waals surface area contributed by atoms with Crippen molar-refractivity contribution in [2.24, 2.45) is 0 Å². The summed E-state index contributed by atoms with van der Waals surface area (Å²) >= 11 is 7.50. The molecule has 0 aliphatic carbocycles. The Morgan fingerprint density at radius 3 is 3.06 bits per heavy atom. The van der Waals surface area contributed by atoms with Gasteiger partial charge in [-0.2, -0.15) is 0 Å². The number of aromatic nitrogens is 2. The molecule has 3 rings (SSSR count). The molecule has 2 aliphatic heterocycles. The average Bonchev–Trinajstić information content (AvgIpc) is 2.89. The molecule has 0 spiro atoms. The third-order valence-corrected chi connectivity index (χ3v) is 3.78. The number of halogens is 1. The first-order valence-electron chi connectivity index (χ1n) is 5.23. The Bertz CT molecular complexity index is 417. The lowest BCUT2D eigenvalue weighted by molar-refractivity contribution is 0.0988. The van der Waals surface area contributed by atoms with Crippen LogP contribution in [-0.2, 0) is 4.74 Å². The number of rotatable bonds is 2. The van der Waals surface area contributed by atoms with Gasteiger partial charge in [0.15, 0.2) is 5.16 Å². The molecule has 2 bridgehead atoms. The summed E-state index contributed by atoms with van der Waals surface area (Å²) in [7, 11) is 0. The van der Waals surface area contributed by atoms with Crippen molar-refractivity contribution in [1.82, 2.24) is 9.97 Å². The third-order valence-electron chi connectivity index (χ3n) is 3.04. The fraction of sp³-hybridized carbons (Fsp3) is 0.600. The van der Waals surface area contributed by atoms with Gasteiger partial charge in [0.1, 0.15) is 11.0 Å². The molecule has 0 saturated carbocycles. The molecule has 16 heavy (non-hydrogen) atoms. The predicted octanol–water partition coefficient (Wildman–Crippen LogP) is 1.83. The van der Waals surface area contributed by atoms with E-state index in [4.69, 9.17) is 16.3 Å². The molecule has 0 radical (unpaired) electrons. The van der Waals surface area contributed by atoms with Gasteiger partial charge in [-0.1, -0.05) is 23.4 Å². The van der Waals surface area contributed by atoms with Crippen LogP contribution in [0.2, 0.25) is 5.15 Å². The summed E-state index contributed by atoms with van der Waals surface area (Å²) in [6.45, 7) is 1.73. The van der Waals surface area contributed by atoms with Gasteiger partial charge in [0.25, 0.3) is 0 Å². The first-order chi connectivity index (χ1) is 7.76. The highest BCUT2D eigenvalue weighted by Crippen LogP contribution is 2.32. The largest absolute Gasteiger partial charge is 0.374 e. The van der Waals surface area contributed by atoms with E-state index in [0.29, 0.717) is 17.3 Å². The predicted molar refractivity (Wildman–Crippen MR) is 64.3 cm³/mol. The summed E-state index contributed by atoms with van der Waals surface area (Å²) in [6.07, 6.45) is 3.43. The van der Waals surface area contributed by atoms with Crippen LogP contribution in [0.4, 0.5) is 5.82 Å². The van der Waals surface area contributed by atoms with Crippen molar-refractivity contribution in [2.75, 3.05) is 24.3 Å². The van der Waals surface area contributed by atoms with E-state index in [1.165, 1.54) is 11.8 Å². The summed E-state index contributed by atoms with van der Waals surface area (Å²) in [6, 6.07) is 2.30. The number of morpholine rings is 1. The Kier molecular flexibility index (Phi) is 2.69. The lowest BCUT2D eigenvalue weighted by Crippen LogP contribution is -2.37. The SMILES string of the molecule is CSc1nc(Cl)cc(N2CC3CC2CO3)n1. The van der Waals surface area contributed by atoms with E-state index in [9.17, 15) is 0 Å². The molecule has 2 atom stereocenters. The van der Waals surface area contributed by atoms with Crippen LogP contribution < -0.4 is 4.90 Å². The van der Waals surface area contributed by atoms with Crippen LogP contribution in [0, 0.1) is 0 Å². The first-order valence-corrected chi connectivity index (χ1v) is 6.83. The number of hydrogen-bond acceptors (Lipinski definition) is 5. The lowest BCUT2D eigenvalue weighted by Gasteiger charge is -2.27. The molecule has 0 aromatic carbocycles. The number of hydrogen-bond donors (Lipinski definition) is 0. The van der Waals surface area contributed by atoms with Crippen LogP contribution in [0.3, 0.4) is 0 Å². The standard InChI is InChI=1S/C10H12ClN3OS/c1-16-10-12-8(11)3-9(13-10)14-4-7-2-6(14)5-15-7/h3,6-7H,2,4-5H2,1H3. The fourth-order valence-corrected chi connectivity index (χ4v) is 2.91. The van der Waals surface area contributed by atoms with E-state index < -0.39 is 0 Å². The van der Waals surface area contributed by atoms with Crippen molar-refractivity contribution < 1.29 is 4.74 Å². The van der Waals surface area contributed by atoms with E-state index in [2.05, 4.69) is 14.9 Å². The molecule has 1 aromatic rings.